The van der Waals surface area contributed by atoms with Crippen LogP contribution in [-0.2, 0) is 4.79 Å². The Kier molecular flexibility index (Phi) is 4.70. The molecule has 0 saturated heterocycles. The summed E-state index contributed by atoms with van der Waals surface area (Å²) in [5.41, 5.74) is 0.427. The molecule has 2 nitrogen and oxygen atoms in total. The van der Waals surface area contributed by atoms with E-state index in [9.17, 15) is 9.90 Å². The molecule has 0 aromatic carbocycles. The molecule has 2 heteroatoms. The maximum Gasteiger partial charge on any atom is 0.158 e. The van der Waals surface area contributed by atoms with Crippen LogP contribution in [0.2, 0.25) is 0 Å². The molecule has 2 atom stereocenters. The van der Waals surface area contributed by atoms with Crippen molar-refractivity contribution in [1.82, 2.24) is 0 Å². The van der Waals surface area contributed by atoms with E-state index in [4.69, 9.17) is 0 Å². The lowest BCUT2D eigenvalue weighted by Gasteiger charge is -2.27. The van der Waals surface area contributed by atoms with E-state index in [0.29, 0.717) is 30.8 Å². The van der Waals surface area contributed by atoms with Gasteiger partial charge in [0.25, 0.3) is 0 Å². The highest BCUT2D eigenvalue weighted by atomic mass is 16.3. The first kappa shape index (κ1) is 14.2. The predicted molar refractivity (Wildman–Crippen MR) is 70.7 cm³/mol. The van der Waals surface area contributed by atoms with Crippen LogP contribution in [0.25, 0.3) is 0 Å². The molecular weight excluding hydrogens is 212 g/mol. The minimum absolute atomic E-state index is 0.150. The molecule has 0 aromatic heterocycles. The van der Waals surface area contributed by atoms with Gasteiger partial charge in [0.15, 0.2) is 5.78 Å². The number of Topliss-reactive ketones (excluding diaryl/α,β-unsaturated/α-hetero) is 1. The minimum atomic E-state index is -0.423. The molecule has 0 unspecified atom stereocenters. The summed E-state index contributed by atoms with van der Waals surface area (Å²) in [5, 5.41) is 10.1. The van der Waals surface area contributed by atoms with Crippen LogP contribution in [-0.4, -0.2) is 17.0 Å². The summed E-state index contributed by atoms with van der Waals surface area (Å²) in [4.78, 5) is 11.8. The van der Waals surface area contributed by atoms with E-state index in [2.05, 4.69) is 25.7 Å². The maximum absolute atomic E-state index is 11.8. The van der Waals surface area contributed by atoms with E-state index in [1.54, 1.807) is 0 Å². The van der Waals surface area contributed by atoms with Crippen LogP contribution in [0.5, 0.6) is 0 Å². The molecule has 1 aliphatic rings. The van der Waals surface area contributed by atoms with Gasteiger partial charge < -0.3 is 5.11 Å². The highest BCUT2D eigenvalue weighted by Gasteiger charge is 2.26. The van der Waals surface area contributed by atoms with Crippen LogP contribution in [0.1, 0.15) is 46.5 Å². The van der Waals surface area contributed by atoms with Gasteiger partial charge in [0.05, 0.1) is 6.10 Å². The maximum atomic E-state index is 11.8. The van der Waals surface area contributed by atoms with Gasteiger partial charge in [-0.3, -0.25) is 4.79 Å². The van der Waals surface area contributed by atoms with Crippen LogP contribution >= 0.6 is 0 Å². The van der Waals surface area contributed by atoms with E-state index < -0.39 is 6.10 Å². The first-order chi connectivity index (χ1) is 7.83. The van der Waals surface area contributed by atoms with Gasteiger partial charge in [-0.2, -0.15) is 0 Å². The lowest BCUT2D eigenvalue weighted by atomic mass is 9.82. The zero-order valence-electron chi connectivity index (χ0n) is 11.2. The fraction of sp³-hybridized carbons (Fsp3) is 0.667. The molecule has 0 aromatic rings. The van der Waals surface area contributed by atoms with Gasteiger partial charge >= 0.3 is 0 Å². The fourth-order valence-corrected chi connectivity index (χ4v) is 1.98. The smallest absolute Gasteiger partial charge is 0.158 e. The van der Waals surface area contributed by atoms with E-state index in [-0.39, 0.29) is 11.2 Å². The number of carbonyl (C=O) groups is 1. The summed E-state index contributed by atoms with van der Waals surface area (Å²) in [7, 11) is 0. The highest BCUT2D eigenvalue weighted by Crippen LogP contribution is 2.29. The molecule has 0 bridgehead atoms. The second-order valence-corrected chi connectivity index (χ2v) is 5.78. The second-order valence-electron chi connectivity index (χ2n) is 5.78. The summed E-state index contributed by atoms with van der Waals surface area (Å²) in [6.07, 6.45) is 6.42. The largest absolute Gasteiger partial charge is 0.392 e. The summed E-state index contributed by atoms with van der Waals surface area (Å²) in [6.45, 7) is 9.99. The summed E-state index contributed by atoms with van der Waals surface area (Å²) < 4.78 is 0. The van der Waals surface area contributed by atoms with Crippen molar-refractivity contribution in [2.75, 3.05) is 0 Å². The zero-order chi connectivity index (χ0) is 13.1. The first-order valence-electron chi connectivity index (χ1n) is 6.41. The Hall–Kier alpha value is -0.890. The zero-order valence-corrected chi connectivity index (χ0v) is 11.2. The van der Waals surface area contributed by atoms with Gasteiger partial charge in [0.2, 0.25) is 0 Å². The average Bonchev–Trinajstić information content (AvgIpc) is 2.29. The standard InChI is InChI=1S/C15H24O2/c1-11-5-7-13(16)12(2)6-8-14(17)15(3,4)10-9-11/h9-11,14,17H,2,5-8H2,1,3-4H3/b10-9+/t11-,14-/m1/s1. The van der Waals surface area contributed by atoms with E-state index in [0.717, 1.165) is 6.42 Å². The number of ketones is 1. The normalized spacial score (nSPS) is 32.9. The van der Waals surface area contributed by atoms with Crippen molar-refractivity contribution in [1.29, 1.82) is 0 Å². The first-order valence-corrected chi connectivity index (χ1v) is 6.41. The molecule has 0 fully saturated rings. The molecule has 0 spiro atoms. The van der Waals surface area contributed by atoms with Crippen molar-refractivity contribution in [3.8, 4) is 0 Å². The molecule has 0 amide bonds. The Labute approximate surface area is 104 Å². The van der Waals surface area contributed by atoms with E-state index in [1.807, 2.05) is 13.8 Å². The van der Waals surface area contributed by atoms with Gasteiger partial charge in [-0.05, 0) is 30.8 Å². The van der Waals surface area contributed by atoms with Crippen molar-refractivity contribution in [2.45, 2.75) is 52.6 Å². The lowest BCUT2D eigenvalue weighted by molar-refractivity contribution is -0.115. The van der Waals surface area contributed by atoms with Gasteiger partial charge in [-0.25, -0.2) is 0 Å². The molecule has 0 radical (unpaired) electrons. The van der Waals surface area contributed by atoms with Crippen molar-refractivity contribution in [3.05, 3.63) is 24.3 Å². The lowest BCUT2D eigenvalue weighted by Crippen LogP contribution is -2.27. The Morgan fingerprint density at radius 1 is 1.35 bits per heavy atom. The highest BCUT2D eigenvalue weighted by molar-refractivity contribution is 5.94. The Bertz CT molecular complexity index is 326. The van der Waals surface area contributed by atoms with Crippen LogP contribution in [0, 0.1) is 11.3 Å². The summed E-state index contributed by atoms with van der Waals surface area (Å²) in [6, 6.07) is 0. The van der Waals surface area contributed by atoms with Gasteiger partial charge in [0.1, 0.15) is 0 Å². The SMILES string of the molecule is C=C1CC[C@@H](O)C(C)(C)/C=C/[C@H](C)CCC1=O. The molecule has 0 saturated carbocycles. The number of carbonyl (C=O) groups excluding carboxylic acids is 1. The van der Waals surface area contributed by atoms with Crippen LogP contribution in [0.4, 0.5) is 0 Å². The molecule has 0 heterocycles. The van der Waals surface area contributed by atoms with Gasteiger partial charge in [-0.15, -0.1) is 0 Å². The Morgan fingerprint density at radius 2 is 2.00 bits per heavy atom. The number of aliphatic hydroxyl groups is 1. The molecule has 17 heavy (non-hydrogen) atoms. The fourth-order valence-electron chi connectivity index (χ4n) is 1.98. The van der Waals surface area contributed by atoms with Crippen LogP contribution in [0.15, 0.2) is 24.3 Å². The average molecular weight is 236 g/mol. The molecule has 96 valence electrons. The molecule has 1 aliphatic carbocycles. The molecular formula is C15H24O2. The number of aliphatic hydroxyl groups excluding tert-OH is 1. The Balaban J connectivity index is 2.85. The monoisotopic (exact) mass is 236 g/mol. The van der Waals surface area contributed by atoms with Gasteiger partial charge in [-0.1, -0.05) is 39.5 Å². The third-order valence-electron chi connectivity index (χ3n) is 3.65. The van der Waals surface area contributed by atoms with Crippen LogP contribution in [0.3, 0.4) is 0 Å². The van der Waals surface area contributed by atoms with Gasteiger partial charge in [0, 0.05) is 11.8 Å². The number of rotatable bonds is 0. The summed E-state index contributed by atoms with van der Waals surface area (Å²) in [5.74, 6) is 0.522. The van der Waals surface area contributed by atoms with Crippen molar-refractivity contribution in [2.24, 2.45) is 11.3 Å². The van der Waals surface area contributed by atoms with Crippen LogP contribution < -0.4 is 0 Å². The van der Waals surface area contributed by atoms with E-state index >= 15 is 0 Å². The quantitative estimate of drug-likeness (QED) is 0.518. The topological polar surface area (TPSA) is 37.3 Å². The third-order valence-corrected chi connectivity index (χ3v) is 3.65. The van der Waals surface area contributed by atoms with Crippen molar-refractivity contribution in [3.63, 3.8) is 0 Å². The van der Waals surface area contributed by atoms with Crippen molar-refractivity contribution < 1.29 is 9.90 Å². The second kappa shape index (κ2) is 5.63. The number of hydrogen-bond donors (Lipinski definition) is 1. The Morgan fingerprint density at radius 3 is 2.65 bits per heavy atom. The van der Waals surface area contributed by atoms with Crippen molar-refractivity contribution >= 4 is 5.78 Å². The number of hydrogen-bond acceptors (Lipinski definition) is 2. The third kappa shape index (κ3) is 4.12. The molecule has 1 rings (SSSR count). The van der Waals surface area contributed by atoms with E-state index in [1.165, 1.54) is 0 Å². The predicted octanol–water partition coefficient (Wildman–Crippen LogP) is 3.27. The molecule has 0 aliphatic heterocycles. The molecule has 1 N–H and O–H groups in total. The number of allylic oxidation sites excluding steroid dienone is 2. The minimum Gasteiger partial charge on any atom is -0.392 e. The summed E-state index contributed by atoms with van der Waals surface area (Å²) >= 11 is 0.